The molecule has 0 aromatic heterocycles. The lowest BCUT2D eigenvalue weighted by atomic mass is 10.0. The maximum atomic E-state index is 12.7. The van der Waals surface area contributed by atoms with Gasteiger partial charge < -0.3 is 19.1 Å². The average molecular weight is 398 g/mol. The fraction of sp³-hybridized carbons (Fsp3) is 0.458. The molecule has 0 N–H and O–H groups in total. The highest BCUT2D eigenvalue weighted by Gasteiger charge is 2.22. The molecule has 1 heterocycles. The van der Waals surface area contributed by atoms with Crippen LogP contribution in [0.5, 0.6) is 5.75 Å². The third kappa shape index (κ3) is 6.50. The van der Waals surface area contributed by atoms with Crippen molar-refractivity contribution >= 4 is 6.09 Å². The SMILES string of the molecule is Cc1ccc2c(c1)Cc1cccc(c1)CN(C(=O)OC(C)(C)C)CCOCCO2. The normalized spacial score (nSPS) is 15.7. The van der Waals surface area contributed by atoms with Crippen molar-refractivity contribution in [3.63, 3.8) is 0 Å². The van der Waals surface area contributed by atoms with E-state index in [9.17, 15) is 4.79 Å². The third-order valence-electron chi connectivity index (χ3n) is 4.62. The van der Waals surface area contributed by atoms with Gasteiger partial charge in [0.2, 0.25) is 0 Å². The van der Waals surface area contributed by atoms with E-state index in [2.05, 4.69) is 31.2 Å². The lowest BCUT2D eigenvalue weighted by molar-refractivity contribution is 0.0141. The van der Waals surface area contributed by atoms with Crippen LogP contribution in [0.4, 0.5) is 4.79 Å². The summed E-state index contributed by atoms with van der Waals surface area (Å²) in [6, 6.07) is 14.6. The van der Waals surface area contributed by atoms with E-state index in [1.165, 1.54) is 11.1 Å². The summed E-state index contributed by atoms with van der Waals surface area (Å²) in [6.45, 7) is 10.1. The minimum Gasteiger partial charge on any atom is -0.491 e. The smallest absolute Gasteiger partial charge is 0.410 e. The Balaban J connectivity index is 1.86. The van der Waals surface area contributed by atoms with Crippen molar-refractivity contribution in [2.24, 2.45) is 0 Å². The number of amides is 1. The highest BCUT2D eigenvalue weighted by molar-refractivity contribution is 5.68. The van der Waals surface area contributed by atoms with Crippen LogP contribution in [0.25, 0.3) is 0 Å². The molecule has 0 fully saturated rings. The quantitative estimate of drug-likeness (QED) is 0.645. The van der Waals surface area contributed by atoms with Crippen LogP contribution in [-0.4, -0.2) is 43.0 Å². The molecular formula is C24H31NO4. The highest BCUT2D eigenvalue weighted by atomic mass is 16.6. The molecule has 2 aromatic carbocycles. The van der Waals surface area contributed by atoms with Gasteiger partial charge in [-0.1, -0.05) is 42.0 Å². The van der Waals surface area contributed by atoms with Crippen molar-refractivity contribution in [2.45, 2.75) is 46.3 Å². The van der Waals surface area contributed by atoms with Crippen LogP contribution < -0.4 is 4.74 Å². The van der Waals surface area contributed by atoms with Gasteiger partial charge in [-0.3, -0.25) is 0 Å². The molecule has 1 amide bonds. The molecule has 1 aliphatic heterocycles. The molecule has 156 valence electrons. The van der Waals surface area contributed by atoms with E-state index in [-0.39, 0.29) is 6.09 Å². The van der Waals surface area contributed by atoms with Gasteiger partial charge >= 0.3 is 6.09 Å². The molecule has 0 atom stereocenters. The zero-order chi connectivity index (χ0) is 20.9. The van der Waals surface area contributed by atoms with E-state index in [4.69, 9.17) is 14.2 Å². The van der Waals surface area contributed by atoms with E-state index in [1.807, 2.05) is 39.0 Å². The number of rotatable bonds is 0. The largest absolute Gasteiger partial charge is 0.491 e. The van der Waals surface area contributed by atoms with E-state index in [1.54, 1.807) is 4.90 Å². The lowest BCUT2D eigenvalue weighted by Crippen LogP contribution is -2.38. The Morgan fingerprint density at radius 1 is 1.03 bits per heavy atom. The molecule has 5 heteroatoms. The van der Waals surface area contributed by atoms with E-state index < -0.39 is 5.60 Å². The van der Waals surface area contributed by atoms with Gasteiger partial charge in [0.05, 0.1) is 13.2 Å². The minimum absolute atomic E-state index is 0.323. The van der Waals surface area contributed by atoms with Crippen LogP contribution in [0.15, 0.2) is 42.5 Å². The predicted octanol–water partition coefficient (Wildman–Crippen LogP) is 4.73. The van der Waals surface area contributed by atoms with Crippen LogP contribution in [0.3, 0.4) is 0 Å². The zero-order valence-electron chi connectivity index (χ0n) is 17.9. The Morgan fingerprint density at radius 3 is 2.62 bits per heavy atom. The maximum absolute atomic E-state index is 12.7. The average Bonchev–Trinajstić information content (AvgIpc) is 2.63. The molecule has 3 rings (SSSR count). The summed E-state index contributed by atoms with van der Waals surface area (Å²) < 4.78 is 17.3. The molecule has 1 aliphatic rings. The molecule has 2 bridgehead atoms. The second-order valence-corrected chi connectivity index (χ2v) is 8.47. The van der Waals surface area contributed by atoms with Crippen LogP contribution in [0, 0.1) is 6.92 Å². The molecule has 0 spiro atoms. The van der Waals surface area contributed by atoms with Crippen LogP contribution in [-0.2, 0) is 22.4 Å². The molecule has 5 nitrogen and oxygen atoms in total. The molecule has 0 unspecified atom stereocenters. The molecule has 2 aromatic rings. The maximum Gasteiger partial charge on any atom is 0.410 e. The zero-order valence-corrected chi connectivity index (χ0v) is 17.9. The first-order valence-corrected chi connectivity index (χ1v) is 10.2. The van der Waals surface area contributed by atoms with Gasteiger partial charge in [0.25, 0.3) is 0 Å². The third-order valence-corrected chi connectivity index (χ3v) is 4.62. The molecule has 0 aliphatic carbocycles. The molecule has 29 heavy (non-hydrogen) atoms. The van der Waals surface area contributed by atoms with Gasteiger partial charge in [-0.2, -0.15) is 0 Å². The topological polar surface area (TPSA) is 48.0 Å². The molecule has 0 radical (unpaired) electrons. The van der Waals surface area contributed by atoms with Gasteiger partial charge in [-0.15, -0.1) is 0 Å². The Morgan fingerprint density at radius 2 is 1.83 bits per heavy atom. The van der Waals surface area contributed by atoms with Gasteiger partial charge in [0.1, 0.15) is 18.0 Å². The van der Waals surface area contributed by atoms with Gasteiger partial charge in [0.15, 0.2) is 0 Å². The Hall–Kier alpha value is -2.53. The summed E-state index contributed by atoms with van der Waals surface area (Å²) in [6.07, 6.45) is 0.453. The number of nitrogens with zero attached hydrogens (tertiary/aromatic N) is 1. The minimum atomic E-state index is -0.533. The first kappa shape index (κ1) is 21.2. The summed E-state index contributed by atoms with van der Waals surface area (Å²) in [5, 5.41) is 0. The Bertz CT molecular complexity index is 841. The number of aryl methyl sites for hydroxylation is 1. The second-order valence-electron chi connectivity index (χ2n) is 8.47. The molecule has 0 saturated heterocycles. The number of carbonyl (C=O) groups excluding carboxylic acids is 1. The van der Waals surface area contributed by atoms with E-state index in [0.717, 1.165) is 23.3 Å². The Kier molecular flexibility index (Phi) is 6.80. The number of hydrogen-bond donors (Lipinski definition) is 0. The standard InChI is InChI=1S/C24H31NO4/c1-18-8-9-22-21(14-18)16-19-6-5-7-20(15-19)17-25(10-11-27-12-13-28-22)23(26)29-24(2,3)4/h5-9,14-15H,10-13,16-17H2,1-4H3. The van der Waals surface area contributed by atoms with E-state index >= 15 is 0 Å². The summed E-state index contributed by atoms with van der Waals surface area (Å²) in [7, 11) is 0. The second kappa shape index (κ2) is 9.31. The van der Waals surface area contributed by atoms with Crippen molar-refractivity contribution < 1.29 is 19.0 Å². The molecular weight excluding hydrogens is 366 g/mol. The van der Waals surface area contributed by atoms with Crippen LogP contribution >= 0.6 is 0 Å². The first-order chi connectivity index (χ1) is 13.8. The van der Waals surface area contributed by atoms with Crippen molar-refractivity contribution in [2.75, 3.05) is 26.4 Å². The number of ether oxygens (including phenoxy) is 3. The fourth-order valence-electron chi connectivity index (χ4n) is 3.31. The van der Waals surface area contributed by atoms with Crippen molar-refractivity contribution in [3.05, 3.63) is 64.7 Å². The Labute approximate surface area is 173 Å². The number of benzene rings is 2. The van der Waals surface area contributed by atoms with Gasteiger partial charge in [-0.05, 0) is 50.5 Å². The predicted molar refractivity (Wildman–Crippen MR) is 113 cm³/mol. The summed E-state index contributed by atoms with van der Waals surface area (Å²) >= 11 is 0. The van der Waals surface area contributed by atoms with E-state index in [0.29, 0.717) is 32.9 Å². The fourth-order valence-corrected chi connectivity index (χ4v) is 3.31. The van der Waals surface area contributed by atoms with Gasteiger partial charge in [0, 0.05) is 19.5 Å². The van der Waals surface area contributed by atoms with Crippen molar-refractivity contribution in [1.82, 2.24) is 4.90 Å². The highest BCUT2D eigenvalue weighted by Crippen LogP contribution is 2.24. The van der Waals surface area contributed by atoms with Crippen LogP contribution in [0.1, 0.15) is 43.0 Å². The van der Waals surface area contributed by atoms with Crippen molar-refractivity contribution in [3.8, 4) is 5.75 Å². The number of fused-ring (bicyclic) bond motifs is 3. The number of hydrogen-bond acceptors (Lipinski definition) is 4. The first-order valence-electron chi connectivity index (χ1n) is 10.2. The van der Waals surface area contributed by atoms with Crippen LogP contribution in [0.2, 0.25) is 0 Å². The van der Waals surface area contributed by atoms with Crippen molar-refractivity contribution in [1.29, 1.82) is 0 Å². The summed E-state index contributed by atoms with van der Waals surface area (Å²) in [5.74, 6) is 0.900. The summed E-state index contributed by atoms with van der Waals surface area (Å²) in [5.41, 5.74) is 4.09. The monoisotopic (exact) mass is 397 g/mol. The number of carbonyl (C=O) groups is 1. The lowest BCUT2D eigenvalue weighted by Gasteiger charge is -2.27. The van der Waals surface area contributed by atoms with Gasteiger partial charge in [-0.25, -0.2) is 4.79 Å². The molecule has 0 saturated carbocycles. The summed E-state index contributed by atoms with van der Waals surface area (Å²) in [4.78, 5) is 14.4.